The number of rotatable bonds is 28. The van der Waals surface area contributed by atoms with Gasteiger partial charge in [-0.05, 0) is 163 Å². The van der Waals surface area contributed by atoms with Gasteiger partial charge in [-0.25, -0.2) is 4.39 Å². The number of alkyl halides is 4. The molecular weight excluding hydrogens is 1440 g/mol. The topological polar surface area (TPSA) is 241 Å². The Morgan fingerprint density at radius 3 is 1.48 bits per heavy atom. The summed E-state index contributed by atoms with van der Waals surface area (Å²) in [6.07, 6.45) is 7.07. The number of anilines is 3. The van der Waals surface area contributed by atoms with Crippen LogP contribution in [-0.2, 0) is 63.9 Å². The number of carbonyl (C=O) groups excluding carboxylic acids is 5. The number of nitrogens with zero attached hydrogens (tertiary/aromatic N) is 5. The van der Waals surface area contributed by atoms with E-state index in [1.807, 2.05) is 135 Å². The molecule has 110 heavy (non-hydrogen) atoms. The molecule has 2 N–H and O–H groups in total. The third kappa shape index (κ3) is 41.3. The first-order valence-electron chi connectivity index (χ1n) is 35.0. The van der Waals surface area contributed by atoms with Gasteiger partial charge in [0.05, 0.1) is 50.8 Å². The number of carboxylic acids is 2. The van der Waals surface area contributed by atoms with E-state index in [-0.39, 0.29) is 114 Å². The Kier molecular flexibility index (Phi) is 65.6. The third-order valence-electron chi connectivity index (χ3n) is 16.2. The Bertz CT molecular complexity index is 3190. The van der Waals surface area contributed by atoms with E-state index in [4.69, 9.17) is 50.2 Å². The van der Waals surface area contributed by atoms with E-state index in [1.54, 1.807) is 66.2 Å². The lowest BCUT2D eigenvalue weighted by molar-refractivity contribution is -0.141. The van der Waals surface area contributed by atoms with Crippen LogP contribution in [0.1, 0.15) is 216 Å². The maximum Gasteiger partial charge on any atom is 0.305 e. The van der Waals surface area contributed by atoms with Gasteiger partial charge >= 0.3 is 11.9 Å². The van der Waals surface area contributed by atoms with Crippen molar-refractivity contribution in [2.24, 2.45) is 11.8 Å². The van der Waals surface area contributed by atoms with E-state index in [9.17, 15) is 46.7 Å². The maximum atomic E-state index is 12.4. The monoisotopic (exact) mass is 1590 g/mol. The molecule has 0 spiro atoms. The molecule has 21 nitrogen and oxygen atoms in total. The number of aliphatic carboxylic acids is 2. The quantitative estimate of drug-likeness (QED) is 0.0397. The number of unbranched alkanes of at least 4 members (excludes halogenated alkanes) is 1. The molecule has 0 aromatic heterocycles. The molecule has 9 rings (SSSR count). The summed E-state index contributed by atoms with van der Waals surface area (Å²) in [4.78, 5) is 88.0. The third-order valence-corrected chi connectivity index (χ3v) is 16.6. The molecule has 4 aromatic carbocycles. The summed E-state index contributed by atoms with van der Waals surface area (Å²) in [5, 5.41) is 16.4. The molecule has 0 saturated heterocycles. The van der Waals surface area contributed by atoms with Crippen molar-refractivity contribution >= 4 is 70.1 Å². The number of aryl methyl sites for hydroxylation is 3. The smallest absolute Gasteiger partial charge is 0.305 e. The molecule has 5 atom stereocenters. The number of carbonyl (C=O) groups is 7. The van der Waals surface area contributed by atoms with Crippen LogP contribution in [0, 0.1) is 32.6 Å². The second-order valence-electron chi connectivity index (χ2n) is 25.9. The summed E-state index contributed by atoms with van der Waals surface area (Å²) >= 11 is 6.42. The minimum Gasteiger partial charge on any atom is -0.481 e. The molecule has 4 aromatic rings. The molecule has 3 aliphatic heterocycles. The molecule has 3 heterocycles. The highest BCUT2D eigenvalue weighted by Crippen LogP contribution is 2.45. The van der Waals surface area contributed by atoms with Crippen LogP contribution in [0.5, 0.6) is 11.5 Å². The SMILES string of the molecule is C.C.C.C.C.C.C.C.CC(CF)CF.CC1CC1F.CCC1Oc2ccc(C)cc2N(CCCOC)C1=O.CCCN(C(=O)CCC(=O)O)C1CC1.COCCC(=O)O.COCCCCN1C(=O)C(C)(Cl)c2ccc(C)cc21.COCCCN1C(=O)C(C)Oc2ccc(C)cc21.COCc1cccc(C(=O)N(C)C)c1. The molecule has 2 fully saturated rings. The number of carboxylic acid groups (broad SMARTS) is 2. The van der Waals surface area contributed by atoms with E-state index in [0.29, 0.717) is 70.0 Å². The van der Waals surface area contributed by atoms with E-state index < -0.39 is 48.4 Å². The van der Waals surface area contributed by atoms with Gasteiger partial charge in [0, 0.05) is 131 Å². The molecule has 5 aliphatic rings. The normalized spacial score (nSPS) is 16.5. The molecular formula is C85H147ClF3N5O16. The second-order valence-corrected chi connectivity index (χ2v) is 26.7. The Hall–Kier alpha value is -7.35. The molecule has 25 heteroatoms. The molecule has 2 aliphatic carbocycles. The van der Waals surface area contributed by atoms with Crippen molar-refractivity contribution in [1.29, 1.82) is 0 Å². The number of amides is 5. The number of methoxy groups -OCH3 is 5. The number of halogens is 4. The van der Waals surface area contributed by atoms with Gasteiger partial charge in [-0.15, -0.1) is 11.6 Å². The first kappa shape index (κ1) is 116. The molecule has 5 amide bonds. The van der Waals surface area contributed by atoms with Gasteiger partial charge < -0.3 is 67.9 Å². The Morgan fingerprint density at radius 1 is 0.618 bits per heavy atom. The first-order chi connectivity index (χ1) is 48.5. The van der Waals surface area contributed by atoms with E-state index in [1.165, 1.54) is 14.0 Å². The van der Waals surface area contributed by atoms with Crippen LogP contribution in [0.2, 0.25) is 0 Å². The summed E-state index contributed by atoms with van der Waals surface area (Å²) in [6, 6.07) is 25.7. The Balaban J connectivity index is -0.000000225. The predicted molar refractivity (Wildman–Crippen MR) is 448 cm³/mol. The van der Waals surface area contributed by atoms with Gasteiger partial charge in [0.2, 0.25) is 5.91 Å². The van der Waals surface area contributed by atoms with Crippen molar-refractivity contribution in [1.82, 2.24) is 9.80 Å². The Labute approximate surface area is 667 Å². The standard InChI is InChI=1S/C15H20ClNO2.C15H21NO3.C14H19NO3.C11H15NO2.C10H17NO3.C4H8F2.C4H7F.C4H8O3.8CH4/c1-11-6-7-12-13(10-11)17(8-4-5-9-19-3)14(18)15(12,2)16;1-4-13-15(17)16(8-5-9-18-3)12-10-11(2)6-7-14(12)19-13;1-10-5-6-13-12(9-10)15(7-4-8-17-3)14(16)11(2)18-13;1-12(2)11(13)10-6-4-5-9(7-10)8-14-3;1-2-7-11(8-3-4-8)9(12)5-6-10(13)14;1-4(2-5)3-6;1-3-2-4(3)5;1-7-3-2-4(5)6;;;;;;;;/h6-7,10H,4-5,8-9H2,1-3H3;6-7,10,13H,4-5,8-9H2,1-3H3;5-6,9,11H,4,7-8H2,1-3H3;4-7H,8H2,1-3H3;8H,2-7H2,1H3,(H,13,14);4H,2-3H2,1H3;3-4H,2H2,1H3;2-3H2,1H3,(H,5,6);8*1H4. The van der Waals surface area contributed by atoms with Crippen LogP contribution in [0.25, 0.3) is 0 Å². The summed E-state index contributed by atoms with van der Waals surface area (Å²) in [7, 11) is 11.6. The second kappa shape index (κ2) is 62.2. The van der Waals surface area contributed by atoms with E-state index in [0.717, 1.165) is 121 Å². The van der Waals surface area contributed by atoms with Crippen molar-refractivity contribution in [2.75, 3.05) is 130 Å². The fraction of sp³-hybridized carbons (Fsp3) is 0.635. The van der Waals surface area contributed by atoms with Gasteiger partial charge in [0.25, 0.3) is 23.6 Å². The number of hydrogen-bond acceptors (Lipinski definition) is 14. The average Bonchev–Trinajstić information content (AvgIpc) is 1.58. The predicted octanol–water partition coefficient (Wildman–Crippen LogP) is 18.8. The van der Waals surface area contributed by atoms with Crippen molar-refractivity contribution in [3.8, 4) is 11.5 Å². The van der Waals surface area contributed by atoms with Gasteiger partial charge in [0.15, 0.2) is 12.2 Å². The lowest BCUT2D eigenvalue weighted by Crippen LogP contribution is -2.46. The van der Waals surface area contributed by atoms with Crippen LogP contribution in [0.15, 0.2) is 78.9 Å². The fourth-order valence-electron chi connectivity index (χ4n) is 10.1. The highest BCUT2D eigenvalue weighted by molar-refractivity contribution is 6.39. The summed E-state index contributed by atoms with van der Waals surface area (Å²) in [5.74, 6) is -0.0835. The van der Waals surface area contributed by atoms with Gasteiger partial charge in [-0.2, -0.15) is 0 Å². The lowest BCUT2D eigenvalue weighted by Gasteiger charge is -2.34. The van der Waals surface area contributed by atoms with Crippen LogP contribution >= 0.6 is 11.6 Å². The summed E-state index contributed by atoms with van der Waals surface area (Å²) in [5.41, 5.74) is 8.72. The van der Waals surface area contributed by atoms with Gasteiger partial charge in [-0.3, -0.25) is 42.3 Å². The highest BCUT2D eigenvalue weighted by atomic mass is 35.5. The summed E-state index contributed by atoms with van der Waals surface area (Å²) < 4.78 is 69.8. The van der Waals surface area contributed by atoms with Crippen LogP contribution < -0.4 is 24.2 Å². The van der Waals surface area contributed by atoms with Crippen molar-refractivity contribution < 1.29 is 90.1 Å². The Morgan fingerprint density at radius 2 is 1.07 bits per heavy atom. The van der Waals surface area contributed by atoms with E-state index >= 15 is 0 Å². The van der Waals surface area contributed by atoms with Crippen LogP contribution in [-0.4, -0.2) is 202 Å². The van der Waals surface area contributed by atoms with Crippen molar-refractivity contribution in [2.45, 2.75) is 235 Å². The zero-order chi connectivity index (χ0) is 76.6. The minimum absolute atomic E-state index is 0. The molecule has 2 saturated carbocycles. The number of benzene rings is 4. The number of hydrogen-bond donors (Lipinski definition) is 2. The van der Waals surface area contributed by atoms with Gasteiger partial charge in [0.1, 0.15) is 22.5 Å². The fourth-order valence-corrected chi connectivity index (χ4v) is 10.4. The number of ether oxygens (including phenoxy) is 7. The van der Waals surface area contributed by atoms with Crippen LogP contribution in [0.3, 0.4) is 0 Å². The maximum absolute atomic E-state index is 12.4. The molecule has 636 valence electrons. The average molecular weight is 1590 g/mol. The zero-order valence-corrected chi connectivity index (χ0v) is 63.8. The molecule has 0 radical (unpaired) electrons. The molecule has 5 unspecified atom stereocenters. The first-order valence-corrected chi connectivity index (χ1v) is 35.4. The summed E-state index contributed by atoms with van der Waals surface area (Å²) in [6.45, 7) is 21.6. The van der Waals surface area contributed by atoms with E-state index in [2.05, 4.69) is 4.74 Å². The minimum atomic E-state index is -0.926. The van der Waals surface area contributed by atoms with Crippen molar-refractivity contribution in [3.05, 3.63) is 112 Å². The zero-order valence-electron chi connectivity index (χ0n) is 63.1. The molecule has 0 bridgehead atoms. The highest BCUT2D eigenvalue weighted by Gasteiger charge is 2.46. The van der Waals surface area contributed by atoms with Crippen molar-refractivity contribution in [3.63, 3.8) is 0 Å². The van der Waals surface area contributed by atoms with Crippen LogP contribution in [0.4, 0.5) is 30.2 Å². The van der Waals surface area contributed by atoms with Gasteiger partial charge in [-0.1, -0.05) is 124 Å². The largest absolute Gasteiger partial charge is 0.481 e. The lowest BCUT2D eigenvalue weighted by atomic mass is 10.0. The number of fused-ring (bicyclic) bond motifs is 3.